The van der Waals surface area contributed by atoms with E-state index in [0.29, 0.717) is 12.4 Å². The fraction of sp³-hybridized carbons (Fsp3) is 0.304. The van der Waals surface area contributed by atoms with Crippen LogP contribution >= 0.6 is 0 Å². The van der Waals surface area contributed by atoms with Gasteiger partial charge in [-0.2, -0.15) is 0 Å². The molecule has 0 spiro atoms. The van der Waals surface area contributed by atoms with Gasteiger partial charge < -0.3 is 14.2 Å². The molecule has 1 amide bonds. The Morgan fingerprint density at radius 3 is 2.68 bits per heavy atom. The summed E-state index contributed by atoms with van der Waals surface area (Å²) in [6, 6.07) is 16.0. The number of fused-ring (bicyclic) bond motifs is 1. The Morgan fingerprint density at radius 2 is 1.86 bits per heavy atom. The van der Waals surface area contributed by atoms with Crippen LogP contribution in [0.25, 0.3) is 17.2 Å². The molecule has 1 fully saturated rings. The van der Waals surface area contributed by atoms with E-state index in [0.717, 1.165) is 24.2 Å². The van der Waals surface area contributed by atoms with E-state index in [1.165, 1.54) is 36.6 Å². The number of para-hydroxylation sites is 3. The zero-order valence-corrected chi connectivity index (χ0v) is 16.2. The summed E-state index contributed by atoms with van der Waals surface area (Å²) < 4.78 is 5.64. The zero-order chi connectivity index (χ0) is 19.3. The Morgan fingerprint density at radius 1 is 1.11 bits per heavy atom. The lowest BCUT2D eigenvalue weighted by atomic mass is 10.1. The molecule has 2 heterocycles. The predicted molar refractivity (Wildman–Crippen MR) is 112 cm³/mol. The smallest absolute Gasteiger partial charge is 0.246 e. The minimum Gasteiger partial charge on any atom is -0.437 e. The van der Waals surface area contributed by atoms with Gasteiger partial charge in [-0.25, -0.2) is 4.98 Å². The fourth-order valence-electron chi connectivity index (χ4n) is 3.65. The van der Waals surface area contributed by atoms with E-state index >= 15 is 0 Å². The third kappa shape index (κ3) is 4.09. The maximum absolute atomic E-state index is 12.6. The van der Waals surface area contributed by atoms with Crippen LogP contribution in [0.3, 0.4) is 0 Å². The number of benzene rings is 2. The van der Waals surface area contributed by atoms with Gasteiger partial charge in [0.1, 0.15) is 5.52 Å². The van der Waals surface area contributed by atoms with Gasteiger partial charge in [0.2, 0.25) is 11.8 Å². The highest BCUT2D eigenvalue weighted by atomic mass is 16.3. The summed E-state index contributed by atoms with van der Waals surface area (Å²) in [4.78, 5) is 21.1. The van der Waals surface area contributed by atoms with Crippen LogP contribution in [0.1, 0.15) is 30.7 Å². The fourth-order valence-corrected chi connectivity index (χ4v) is 3.65. The molecule has 1 saturated heterocycles. The maximum atomic E-state index is 12.6. The Balaban J connectivity index is 1.44. The summed E-state index contributed by atoms with van der Waals surface area (Å²) in [5, 5.41) is 0. The summed E-state index contributed by atoms with van der Waals surface area (Å²) >= 11 is 0. The number of rotatable bonds is 5. The van der Waals surface area contributed by atoms with Gasteiger partial charge in [-0.3, -0.25) is 4.79 Å². The largest absolute Gasteiger partial charge is 0.437 e. The number of likely N-dealkylation sites (N-methyl/N-ethyl adjacent to an activating group) is 1. The van der Waals surface area contributed by atoms with Gasteiger partial charge in [-0.05, 0) is 43.0 Å². The summed E-state index contributed by atoms with van der Waals surface area (Å²) in [6.45, 7) is 2.75. The van der Waals surface area contributed by atoms with Crippen molar-refractivity contribution in [2.24, 2.45) is 0 Å². The van der Waals surface area contributed by atoms with E-state index in [2.05, 4.69) is 28.1 Å². The van der Waals surface area contributed by atoms with Crippen LogP contribution < -0.4 is 4.90 Å². The van der Waals surface area contributed by atoms with Crippen molar-refractivity contribution in [3.05, 3.63) is 66.1 Å². The molecule has 144 valence electrons. The number of aromatic nitrogens is 1. The highest BCUT2D eigenvalue weighted by Gasteiger charge is 2.16. The molecule has 5 heteroatoms. The van der Waals surface area contributed by atoms with Crippen molar-refractivity contribution in [2.45, 2.75) is 25.8 Å². The van der Waals surface area contributed by atoms with Crippen LogP contribution in [-0.4, -0.2) is 35.9 Å². The molecule has 0 radical (unpaired) electrons. The summed E-state index contributed by atoms with van der Waals surface area (Å²) in [6.07, 6.45) is 6.92. The second-order valence-electron chi connectivity index (χ2n) is 7.22. The topological polar surface area (TPSA) is 49.6 Å². The third-order valence-electron chi connectivity index (χ3n) is 5.15. The molecule has 0 bridgehead atoms. The number of nitrogens with zero attached hydrogens (tertiary/aromatic N) is 3. The number of carbonyl (C=O) groups excluding carboxylic acids is 1. The number of carbonyl (C=O) groups is 1. The lowest BCUT2D eigenvalue weighted by Gasteiger charge is -2.31. The second kappa shape index (κ2) is 8.30. The molecule has 1 aliphatic heterocycles. The summed E-state index contributed by atoms with van der Waals surface area (Å²) in [5.41, 5.74) is 3.93. The number of amides is 1. The quantitative estimate of drug-likeness (QED) is 0.617. The standard InChI is InChI=1S/C23H25N3O2/c1-25(17-18-9-3-5-11-20(18)26-15-7-2-8-16-26)23(27)14-13-22-24-19-10-4-6-12-21(19)28-22/h3-6,9-14H,2,7-8,15-17H2,1H3. The van der Waals surface area contributed by atoms with Gasteiger partial charge >= 0.3 is 0 Å². The molecular weight excluding hydrogens is 350 g/mol. The monoisotopic (exact) mass is 375 g/mol. The molecule has 0 aliphatic carbocycles. The first kappa shape index (κ1) is 18.3. The van der Waals surface area contributed by atoms with Crippen LogP contribution in [0.5, 0.6) is 0 Å². The number of oxazole rings is 1. The Bertz CT molecular complexity index is 953. The average Bonchev–Trinajstić information content (AvgIpc) is 3.16. The van der Waals surface area contributed by atoms with E-state index in [-0.39, 0.29) is 5.91 Å². The van der Waals surface area contributed by atoms with Gasteiger partial charge in [0.25, 0.3) is 0 Å². The molecule has 1 aliphatic rings. The van der Waals surface area contributed by atoms with Crippen LogP contribution in [0.4, 0.5) is 5.69 Å². The molecule has 0 saturated carbocycles. The molecule has 5 nitrogen and oxygen atoms in total. The molecular formula is C23H25N3O2. The number of hydrogen-bond acceptors (Lipinski definition) is 4. The first-order valence-corrected chi connectivity index (χ1v) is 9.82. The van der Waals surface area contributed by atoms with Gasteiger partial charge in [-0.15, -0.1) is 0 Å². The van der Waals surface area contributed by atoms with Crippen molar-refractivity contribution < 1.29 is 9.21 Å². The first-order valence-electron chi connectivity index (χ1n) is 9.82. The minimum absolute atomic E-state index is 0.0734. The van der Waals surface area contributed by atoms with Gasteiger partial charge in [-0.1, -0.05) is 30.3 Å². The Hall–Kier alpha value is -3.08. The van der Waals surface area contributed by atoms with Crippen molar-refractivity contribution >= 4 is 28.8 Å². The summed E-state index contributed by atoms with van der Waals surface area (Å²) in [7, 11) is 1.83. The van der Waals surface area contributed by atoms with E-state index in [1.807, 2.05) is 37.4 Å². The van der Waals surface area contributed by atoms with Crippen LogP contribution in [0.2, 0.25) is 0 Å². The molecule has 0 atom stereocenters. The van der Waals surface area contributed by atoms with Gasteiger partial charge in [0.15, 0.2) is 5.58 Å². The van der Waals surface area contributed by atoms with Gasteiger partial charge in [0.05, 0.1) is 0 Å². The van der Waals surface area contributed by atoms with Crippen molar-refractivity contribution in [3.8, 4) is 0 Å². The predicted octanol–water partition coefficient (Wildman–Crippen LogP) is 4.49. The van der Waals surface area contributed by atoms with Crippen molar-refractivity contribution in [1.29, 1.82) is 0 Å². The Labute approximate surface area is 165 Å². The zero-order valence-electron chi connectivity index (χ0n) is 16.2. The SMILES string of the molecule is CN(Cc1ccccc1N1CCCCC1)C(=O)C=Cc1nc2ccccc2o1. The van der Waals surface area contributed by atoms with Crippen LogP contribution in [-0.2, 0) is 11.3 Å². The van der Waals surface area contributed by atoms with E-state index < -0.39 is 0 Å². The third-order valence-corrected chi connectivity index (χ3v) is 5.15. The molecule has 0 unspecified atom stereocenters. The number of anilines is 1. The second-order valence-corrected chi connectivity index (χ2v) is 7.22. The normalized spacial score (nSPS) is 14.7. The van der Waals surface area contributed by atoms with Crippen LogP contribution in [0, 0.1) is 0 Å². The average molecular weight is 375 g/mol. The van der Waals surface area contributed by atoms with Crippen molar-refractivity contribution in [2.75, 3.05) is 25.0 Å². The lowest BCUT2D eigenvalue weighted by Crippen LogP contribution is -2.31. The molecule has 0 N–H and O–H groups in total. The van der Waals surface area contributed by atoms with E-state index in [1.54, 1.807) is 11.0 Å². The first-order chi connectivity index (χ1) is 13.7. The molecule has 1 aromatic heterocycles. The lowest BCUT2D eigenvalue weighted by molar-refractivity contribution is -0.125. The van der Waals surface area contributed by atoms with Crippen molar-refractivity contribution in [1.82, 2.24) is 9.88 Å². The molecule has 3 aromatic rings. The molecule has 4 rings (SSSR count). The maximum Gasteiger partial charge on any atom is 0.246 e. The minimum atomic E-state index is -0.0734. The summed E-state index contributed by atoms with van der Waals surface area (Å²) in [5.74, 6) is 0.368. The highest BCUT2D eigenvalue weighted by molar-refractivity contribution is 5.91. The van der Waals surface area contributed by atoms with E-state index in [4.69, 9.17) is 4.42 Å². The molecule has 28 heavy (non-hydrogen) atoms. The number of piperidine rings is 1. The molecule has 2 aromatic carbocycles. The van der Waals surface area contributed by atoms with Gasteiger partial charge in [0, 0.05) is 44.5 Å². The highest BCUT2D eigenvalue weighted by Crippen LogP contribution is 2.25. The van der Waals surface area contributed by atoms with Crippen LogP contribution in [0.15, 0.2) is 59.0 Å². The van der Waals surface area contributed by atoms with E-state index in [9.17, 15) is 4.79 Å². The number of hydrogen-bond donors (Lipinski definition) is 0. The Kier molecular flexibility index (Phi) is 5.42. The van der Waals surface area contributed by atoms with Crippen molar-refractivity contribution in [3.63, 3.8) is 0 Å².